The fourth-order valence-corrected chi connectivity index (χ4v) is 2.49. The van der Waals surface area contributed by atoms with Gasteiger partial charge in [-0.2, -0.15) is 0 Å². The van der Waals surface area contributed by atoms with E-state index in [-0.39, 0.29) is 0 Å². The van der Waals surface area contributed by atoms with Crippen molar-refractivity contribution in [3.63, 3.8) is 0 Å². The standard InChI is InChI=1S/C12H21NOS/c1-5-13-10(3)11(4)15-8-12-9(2)6-7-14-12/h6-7,10-11,13H,5,8H2,1-4H3. The molecule has 0 radical (unpaired) electrons. The Morgan fingerprint density at radius 1 is 1.47 bits per heavy atom. The summed E-state index contributed by atoms with van der Waals surface area (Å²) in [6.45, 7) is 9.76. The van der Waals surface area contributed by atoms with Gasteiger partial charge in [0.25, 0.3) is 0 Å². The Bertz CT molecular complexity index is 285. The summed E-state index contributed by atoms with van der Waals surface area (Å²) in [6.07, 6.45) is 1.77. The SMILES string of the molecule is CCNC(C)C(C)SCc1occc1C. The fraction of sp³-hybridized carbons (Fsp3) is 0.667. The molecule has 15 heavy (non-hydrogen) atoms. The lowest BCUT2D eigenvalue weighted by molar-refractivity contribution is 0.525. The first-order valence-corrected chi connectivity index (χ1v) is 6.58. The van der Waals surface area contributed by atoms with E-state index in [1.165, 1.54) is 5.56 Å². The van der Waals surface area contributed by atoms with Crippen molar-refractivity contribution in [1.29, 1.82) is 0 Å². The maximum absolute atomic E-state index is 5.41. The number of aryl methyl sites for hydroxylation is 1. The maximum atomic E-state index is 5.41. The largest absolute Gasteiger partial charge is 0.468 e. The molecule has 0 aliphatic carbocycles. The molecular formula is C12H21NOS. The molecule has 0 aliphatic heterocycles. The summed E-state index contributed by atoms with van der Waals surface area (Å²) in [5.74, 6) is 2.07. The monoisotopic (exact) mass is 227 g/mol. The molecule has 2 atom stereocenters. The highest BCUT2D eigenvalue weighted by atomic mass is 32.2. The lowest BCUT2D eigenvalue weighted by Crippen LogP contribution is -2.33. The zero-order valence-corrected chi connectivity index (χ0v) is 10.9. The van der Waals surface area contributed by atoms with E-state index in [2.05, 4.69) is 33.0 Å². The van der Waals surface area contributed by atoms with E-state index in [4.69, 9.17) is 4.42 Å². The number of hydrogen-bond donors (Lipinski definition) is 1. The normalized spacial score (nSPS) is 15.2. The fourth-order valence-electron chi connectivity index (χ4n) is 1.39. The molecule has 2 unspecified atom stereocenters. The van der Waals surface area contributed by atoms with Crippen LogP contribution in [0.25, 0.3) is 0 Å². The van der Waals surface area contributed by atoms with Crippen LogP contribution in [0.15, 0.2) is 16.7 Å². The van der Waals surface area contributed by atoms with Gasteiger partial charge in [-0.15, -0.1) is 11.8 Å². The maximum Gasteiger partial charge on any atom is 0.116 e. The van der Waals surface area contributed by atoms with Gasteiger partial charge in [-0.1, -0.05) is 13.8 Å². The van der Waals surface area contributed by atoms with E-state index in [0.717, 1.165) is 18.1 Å². The van der Waals surface area contributed by atoms with Gasteiger partial charge < -0.3 is 9.73 Å². The lowest BCUT2D eigenvalue weighted by atomic mass is 10.2. The van der Waals surface area contributed by atoms with E-state index >= 15 is 0 Å². The van der Waals surface area contributed by atoms with Crippen molar-refractivity contribution < 1.29 is 4.42 Å². The Labute approximate surface area is 96.8 Å². The summed E-state index contributed by atoms with van der Waals surface area (Å²) < 4.78 is 5.41. The van der Waals surface area contributed by atoms with Crippen LogP contribution in [0, 0.1) is 6.92 Å². The second-order valence-electron chi connectivity index (χ2n) is 3.89. The van der Waals surface area contributed by atoms with Crippen LogP contribution in [0.3, 0.4) is 0 Å². The molecule has 2 nitrogen and oxygen atoms in total. The van der Waals surface area contributed by atoms with E-state index in [1.807, 2.05) is 17.8 Å². The van der Waals surface area contributed by atoms with Crippen LogP contribution in [0.4, 0.5) is 0 Å². The summed E-state index contributed by atoms with van der Waals surface area (Å²) in [7, 11) is 0. The molecule has 1 aromatic rings. The topological polar surface area (TPSA) is 25.2 Å². The highest BCUT2D eigenvalue weighted by Gasteiger charge is 2.12. The average molecular weight is 227 g/mol. The molecule has 1 heterocycles. The quantitative estimate of drug-likeness (QED) is 0.808. The molecule has 3 heteroatoms. The van der Waals surface area contributed by atoms with Crippen LogP contribution < -0.4 is 5.32 Å². The van der Waals surface area contributed by atoms with Gasteiger partial charge in [0.1, 0.15) is 5.76 Å². The number of thioether (sulfide) groups is 1. The van der Waals surface area contributed by atoms with Crippen LogP contribution in [0.5, 0.6) is 0 Å². The Balaban J connectivity index is 2.34. The average Bonchev–Trinajstić information content (AvgIpc) is 2.61. The molecule has 0 fully saturated rings. The van der Waals surface area contributed by atoms with Crippen LogP contribution in [0.2, 0.25) is 0 Å². The minimum Gasteiger partial charge on any atom is -0.468 e. The molecule has 0 saturated carbocycles. The first-order chi connectivity index (χ1) is 7.15. The third-order valence-corrected chi connectivity index (χ3v) is 4.04. The van der Waals surface area contributed by atoms with Gasteiger partial charge in [0.2, 0.25) is 0 Å². The van der Waals surface area contributed by atoms with Crippen LogP contribution in [-0.4, -0.2) is 17.8 Å². The van der Waals surface area contributed by atoms with Crippen molar-refractivity contribution in [1.82, 2.24) is 5.32 Å². The van der Waals surface area contributed by atoms with Crippen molar-refractivity contribution in [2.75, 3.05) is 6.54 Å². The van der Waals surface area contributed by atoms with E-state index in [9.17, 15) is 0 Å². The summed E-state index contributed by atoms with van der Waals surface area (Å²) >= 11 is 1.94. The van der Waals surface area contributed by atoms with Crippen LogP contribution in [0.1, 0.15) is 32.1 Å². The minimum atomic E-state index is 0.551. The predicted octanol–water partition coefficient (Wildman–Crippen LogP) is 3.21. The summed E-state index contributed by atoms with van der Waals surface area (Å²) in [5, 5.41) is 4.04. The van der Waals surface area contributed by atoms with Gasteiger partial charge in [0.15, 0.2) is 0 Å². The van der Waals surface area contributed by atoms with E-state index < -0.39 is 0 Å². The van der Waals surface area contributed by atoms with Crippen molar-refractivity contribution in [2.45, 2.75) is 44.7 Å². The summed E-state index contributed by atoms with van der Waals surface area (Å²) in [4.78, 5) is 0. The molecule has 0 aliphatic rings. The third-order valence-electron chi connectivity index (χ3n) is 2.68. The van der Waals surface area contributed by atoms with Gasteiger partial charge in [0, 0.05) is 11.3 Å². The molecule has 0 aromatic carbocycles. The van der Waals surface area contributed by atoms with Crippen molar-refractivity contribution in [2.24, 2.45) is 0 Å². The molecule has 0 bridgehead atoms. The highest BCUT2D eigenvalue weighted by molar-refractivity contribution is 7.99. The Kier molecular flexibility index (Phi) is 5.26. The summed E-state index contributed by atoms with van der Waals surface area (Å²) in [6, 6.07) is 2.57. The smallest absolute Gasteiger partial charge is 0.116 e. The molecule has 0 amide bonds. The first-order valence-electron chi connectivity index (χ1n) is 5.53. The molecule has 0 saturated heterocycles. The van der Waals surface area contributed by atoms with Gasteiger partial charge in [-0.3, -0.25) is 0 Å². The van der Waals surface area contributed by atoms with Crippen molar-refractivity contribution >= 4 is 11.8 Å². The second-order valence-corrected chi connectivity index (χ2v) is 5.25. The van der Waals surface area contributed by atoms with Gasteiger partial charge >= 0.3 is 0 Å². The Morgan fingerprint density at radius 3 is 2.73 bits per heavy atom. The molecule has 1 N–H and O–H groups in total. The van der Waals surface area contributed by atoms with Crippen LogP contribution in [-0.2, 0) is 5.75 Å². The molecule has 86 valence electrons. The van der Waals surface area contributed by atoms with Gasteiger partial charge in [0.05, 0.1) is 12.0 Å². The number of rotatable bonds is 6. The molecule has 0 spiro atoms. The van der Waals surface area contributed by atoms with Gasteiger partial charge in [-0.25, -0.2) is 0 Å². The lowest BCUT2D eigenvalue weighted by Gasteiger charge is -2.19. The van der Waals surface area contributed by atoms with Crippen molar-refractivity contribution in [3.8, 4) is 0 Å². The number of furan rings is 1. The third kappa shape index (κ3) is 3.92. The zero-order chi connectivity index (χ0) is 11.3. The molecule has 1 rings (SSSR count). The Morgan fingerprint density at radius 2 is 2.20 bits per heavy atom. The predicted molar refractivity (Wildman–Crippen MR) is 67.3 cm³/mol. The zero-order valence-electron chi connectivity index (χ0n) is 10.0. The number of nitrogens with one attached hydrogen (secondary N) is 1. The highest BCUT2D eigenvalue weighted by Crippen LogP contribution is 2.22. The minimum absolute atomic E-state index is 0.551. The Hall–Kier alpha value is -0.410. The summed E-state index contributed by atoms with van der Waals surface area (Å²) in [5.41, 5.74) is 1.26. The van der Waals surface area contributed by atoms with Gasteiger partial charge in [-0.05, 0) is 32.0 Å². The first kappa shape index (κ1) is 12.7. The van der Waals surface area contributed by atoms with E-state index in [0.29, 0.717) is 11.3 Å². The second kappa shape index (κ2) is 6.23. The van der Waals surface area contributed by atoms with Crippen molar-refractivity contribution in [3.05, 3.63) is 23.7 Å². The molecular weight excluding hydrogens is 206 g/mol. The van der Waals surface area contributed by atoms with E-state index in [1.54, 1.807) is 6.26 Å². The number of hydrogen-bond acceptors (Lipinski definition) is 3. The molecule has 1 aromatic heterocycles. The van der Waals surface area contributed by atoms with Crippen LogP contribution >= 0.6 is 11.8 Å².